The molecule has 0 heterocycles. The molecule has 40 heavy (non-hydrogen) atoms. The van der Waals surface area contributed by atoms with Crippen LogP contribution in [0.5, 0.6) is 5.75 Å². The third-order valence-electron chi connectivity index (χ3n) is 8.75. The van der Waals surface area contributed by atoms with E-state index < -0.39 is 40.8 Å². The Bertz CT molecular complexity index is 1360. The summed E-state index contributed by atoms with van der Waals surface area (Å²) in [6.07, 6.45) is 2.96. The molecule has 3 aromatic carbocycles. The van der Waals surface area contributed by atoms with Gasteiger partial charge in [0.1, 0.15) is 29.3 Å². The number of nitriles is 1. The molecule has 0 N–H and O–H groups in total. The van der Waals surface area contributed by atoms with Gasteiger partial charge in [-0.15, -0.1) is 0 Å². The van der Waals surface area contributed by atoms with E-state index in [2.05, 4.69) is 31.2 Å². The van der Waals surface area contributed by atoms with Gasteiger partial charge in [0.2, 0.25) is 0 Å². The first-order valence-corrected chi connectivity index (χ1v) is 14.0. The zero-order valence-corrected chi connectivity index (χ0v) is 22.4. The van der Waals surface area contributed by atoms with Crippen LogP contribution in [0.25, 0.3) is 11.1 Å². The molecule has 0 amide bonds. The lowest BCUT2D eigenvalue weighted by atomic mass is 9.76. The Balaban J connectivity index is 1.21. The Labute approximate surface area is 231 Å². The van der Waals surface area contributed by atoms with Crippen molar-refractivity contribution < 1.29 is 26.7 Å². The fourth-order valence-corrected chi connectivity index (χ4v) is 6.28. The van der Waals surface area contributed by atoms with Crippen LogP contribution in [0.4, 0.5) is 22.0 Å². The number of halogens is 5. The lowest BCUT2D eigenvalue weighted by molar-refractivity contribution is -0.222. The minimum absolute atomic E-state index is 0.149. The van der Waals surface area contributed by atoms with Gasteiger partial charge in [-0.2, -0.15) is 14.0 Å². The first-order valence-electron chi connectivity index (χ1n) is 14.0. The van der Waals surface area contributed by atoms with Crippen molar-refractivity contribution in [1.29, 1.82) is 5.26 Å². The van der Waals surface area contributed by atoms with Crippen molar-refractivity contribution in [1.82, 2.24) is 0 Å². The van der Waals surface area contributed by atoms with E-state index in [-0.39, 0.29) is 29.9 Å². The maximum Gasteiger partial charge on any atom is 0.400 e. The molecule has 0 atom stereocenters. The molecule has 0 aromatic heterocycles. The molecule has 2 saturated carbocycles. The van der Waals surface area contributed by atoms with Crippen molar-refractivity contribution in [2.24, 2.45) is 11.8 Å². The van der Waals surface area contributed by atoms with Gasteiger partial charge in [0.05, 0.1) is 17.0 Å². The van der Waals surface area contributed by atoms with Gasteiger partial charge in [0.25, 0.3) is 0 Å². The van der Waals surface area contributed by atoms with Crippen molar-refractivity contribution in [2.75, 3.05) is 0 Å². The Kier molecular flexibility index (Phi) is 8.16. The third kappa shape index (κ3) is 6.01. The van der Waals surface area contributed by atoms with E-state index >= 15 is 8.78 Å². The molecule has 7 heteroatoms. The predicted octanol–water partition coefficient (Wildman–Crippen LogP) is 9.88. The maximum absolute atomic E-state index is 15.1. The summed E-state index contributed by atoms with van der Waals surface area (Å²) in [6.45, 7) is 2.30. The quantitative estimate of drug-likeness (QED) is 0.285. The van der Waals surface area contributed by atoms with Gasteiger partial charge in [-0.25, -0.2) is 13.2 Å². The van der Waals surface area contributed by atoms with Gasteiger partial charge in [0, 0.05) is 12.1 Å². The molecule has 2 aliphatic carbocycles. The number of rotatable bonds is 6. The number of nitrogens with zero attached hydrogens (tertiary/aromatic N) is 1. The highest BCUT2D eigenvalue weighted by atomic mass is 19.3. The molecule has 2 nitrogen and oxygen atoms in total. The van der Waals surface area contributed by atoms with Crippen molar-refractivity contribution in [3.8, 4) is 22.9 Å². The smallest absolute Gasteiger partial charge is 0.400 e. The second kappa shape index (κ2) is 11.6. The molecule has 0 aliphatic heterocycles. The second-order valence-corrected chi connectivity index (χ2v) is 11.4. The molecule has 5 rings (SSSR count). The van der Waals surface area contributed by atoms with Gasteiger partial charge in [-0.3, -0.25) is 0 Å². The minimum atomic E-state index is -3.60. The highest BCUT2D eigenvalue weighted by Crippen LogP contribution is 2.44. The van der Waals surface area contributed by atoms with Crippen LogP contribution < -0.4 is 4.74 Å². The monoisotopic (exact) mass is 553 g/mol. The van der Waals surface area contributed by atoms with Crippen LogP contribution >= 0.6 is 0 Å². The van der Waals surface area contributed by atoms with Crippen LogP contribution in [0.15, 0.2) is 54.6 Å². The summed E-state index contributed by atoms with van der Waals surface area (Å²) in [7, 11) is 0. The van der Waals surface area contributed by atoms with E-state index in [4.69, 9.17) is 10.00 Å². The first-order chi connectivity index (χ1) is 19.1. The topological polar surface area (TPSA) is 33.0 Å². The van der Waals surface area contributed by atoms with Crippen LogP contribution in [0.2, 0.25) is 0 Å². The fraction of sp³-hybridized carbons (Fsp3) is 0.424. The Hall–Kier alpha value is -3.40. The summed E-state index contributed by atoms with van der Waals surface area (Å²) < 4.78 is 78.5. The number of ether oxygens (including phenoxy) is 1. The van der Waals surface area contributed by atoms with Gasteiger partial charge >= 0.3 is 6.11 Å². The summed E-state index contributed by atoms with van der Waals surface area (Å²) >= 11 is 0. The lowest BCUT2D eigenvalue weighted by Crippen LogP contribution is -2.37. The summed E-state index contributed by atoms with van der Waals surface area (Å²) in [6, 6.07) is 14.8. The number of alkyl halides is 2. The summed E-state index contributed by atoms with van der Waals surface area (Å²) in [5, 5.41) is 8.85. The molecular weight excluding hydrogens is 521 g/mol. The van der Waals surface area contributed by atoms with E-state index in [9.17, 15) is 13.2 Å². The maximum atomic E-state index is 15.1. The Morgan fingerprint density at radius 2 is 1.25 bits per heavy atom. The van der Waals surface area contributed by atoms with Gasteiger partial charge in [-0.1, -0.05) is 50.1 Å². The zero-order chi connectivity index (χ0) is 28.4. The van der Waals surface area contributed by atoms with E-state index in [1.54, 1.807) is 6.07 Å². The zero-order valence-electron chi connectivity index (χ0n) is 22.4. The highest BCUT2D eigenvalue weighted by molar-refractivity contribution is 5.67. The summed E-state index contributed by atoms with van der Waals surface area (Å²) in [5.74, 6) is -3.38. The van der Waals surface area contributed by atoms with Crippen molar-refractivity contribution >= 4 is 0 Å². The van der Waals surface area contributed by atoms with Gasteiger partial charge in [-0.05, 0) is 85.1 Å². The van der Waals surface area contributed by atoms with Crippen molar-refractivity contribution in [3.05, 3.63) is 88.7 Å². The molecule has 2 aliphatic rings. The van der Waals surface area contributed by atoms with Crippen molar-refractivity contribution in [3.63, 3.8) is 0 Å². The molecule has 210 valence electrons. The van der Waals surface area contributed by atoms with Gasteiger partial charge in [0.15, 0.2) is 0 Å². The van der Waals surface area contributed by atoms with E-state index in [1.165, 1.54) is 37.3 Å². The van der Waals surface area contributed by atoms with Crippen LogP contribution in [-0.2, 0) is 0 Å². The van der Waals surface area contributed by atoms with Crippen molar-refractivity contribution in [2.45, 2.75) is 76.2 Å². The Morgan fingerprint density at radius 1 is 0.725 bits per heavy atom. The molecule has 3 aromatic rings. The highest BCUT2D eigenvalue weighted by Gasteiger charge is 2.44. The average molecular weight is 554 g/mol. The molecule has 0 unspecified atom stereocenters. The summed E-state index contributed by atoms with van der Waals surface area (Å²) in [4.78, 5) is 0. The second-order valence-electron chi connectivity index (χ2n) is 11.4. The normalized spacial score (nSPS) is 23.4. The molecule has 0 bridgehead atoms. The van der Waals surface area contributed by atoms with E-state index in [0.717, 1.165) is 23.6 Å². The molecule has 0 saturated heterocycles. The van der Waals surface area contributed by atoms with Crippen LogP contribution in [0.1, 0.15) is 86.8 Å². The lowest BCUT2D eigenvalue weighted by Gasteiger charge is -2.33. The largest absolute Gasteiger partial charge is 0.432 e. The third-order valence-corrected chi connectivity index (χ3v) is 8.75. The molecule has 0 radical (unpaired) electrons. The molecule has 0 spiro atoms. The molecular formula is C33H32F5NO. The minimum Gasteiger partial charge on any atom is -0.432 e. The number of hydrogen-bond donors (Lipinski definition) is 0. The van der Waals surface area contributed by atoms with E-state index in [1.807, 2.05) is 0 Å². The Morgan fingerprint density at radius 3 is 1.75 bits per heavy atom. The fourth-order valence-electron chi connectivity index (χ4n) is 6.28. The molecule has 2 fully saturated rings. The average Bonchev–Trinajstić information content (AvgIpc) is 2.93. The standard InChI is InChI=1S/C33H32F5NO/c1-20-2-4-21(5-3-20)22-6-8-23(9-7-22)24-12-14-27(15-13-24)33(37,38)40-28-17-30(35)32(31(36)18-28)25-10-11-26(19-39)29(34)16-25/h6-11,16-18,20-21,24,27H,2-5,12-15H2,1H3. The first kappa shape index (κ1) is 28.1. The number of hydrogen-bond acceptors (Lipinski definition) is 2. The van der Waals surface area contributed by atoms with Crippen LogP contribution in [0.3, 0.4) is 0 Å². The van der Waals surface area contributed by atoms with E-state index in [0.29, 0.717) is 30.9 Å². The predicted molar refractivity (Wildman–Crippen MR) is 144 cm³/mol. The summed E-state index contributed by atoms with van der Waals surface area (Å²) in [5.41, 5.74) is 1.52. The van der Waals surface area contributed by atoms with Crippen LogP contribution in [-0.4, -0.2) is 6.11 Å². The van der Waals surface area contributed by atoms with Gasteiger partial charge < -0.3 is 4.74 Å². The number of benzene rings is 3. The SMILES string of the molecule is CC1CCC(c2ccc(C3CCC(C(F)(F)Oc4cc(F)c(-c5ccc(C#N)c(F)c5)c(F)c4)CC3)cc2)CC1. The van der Waals surface area contributed by atoms with Crippen LogP contribution in [0, 0.1) is 40.6 Å².